The first kappa shape index (κ1) is 14.3. The Morgan fingerprint density at radius 2 is 1.45 bits per heavy atom. The number of carboxylic acids is 1. The topological polar surface area (TPSA) is 57.5 Å². The molecule has 0 aliphatic heterocycles. The van der Waals surface area contributed by atoms with Crippen LogP contribution in [0.2, 0.25) is 0 Å². The number of carbonyl (C=O) groups is 1. The van der Waals surface area contributed by atoms with Gasteiger partial charge < -0.3 is 10.2 Å². The molecule has 1 atom stereocenters. The largest absolute Gasteiger partial charge is 0.479 e. The van der Waals surface area contributed by atoms with Crippen molar-refractivity contribution in [3.05, 3.63) is 70.3 Å². The number of benzene rings is 2. The molecule has 0 bridgehead atoms. The van der Waals surface area contributed by atoms with Crippen molar-refractivity contribution < 1.29 is 15.0 Å². The molecule has 2 rings (SSSR count). The predicted molar refractivity (Wildman–Crippen MR) is 77.7 cm³/mol. The Kier molecular flexibility index (Phi) is 3.64. The van der Waals surface area contributed by atoms with Crippen molar-refractivity contribution in [2.75, 3.05) is 0 Å². The number of rotatable bonds is 3. The van der Waals surface area contributed by atoms with E-state index in [4.69, 9.17) is 0 Å². The highest BCUT2D eigenvalue weighted by molar-refractivity contribution is 5.84. The molecule has 0 unspecified atom stereocenters. The van der Waals surface area contributed by atoms with E-state index in [1.807, 2.05) is 20.8 Å². The van der Waals surface area contributed by atoms with Crippen molar-refractivity contribution in [2.24, 2.45) is 0 Å². The number of aryl methyl sites for hydroxylation is 2. The summed E-state index contributed by atoms with van der Waals surface area (Å²) in [7, 11) is 0. The third kappa shape index (κ3) is 2.21. The standard InChI is InChI=1S/C17H18O3/c1-11-9-15(10-12(2)13(11)3)17(20,16(18)19)14-7-5-4-6-8-14/h4-10,20H,1-3H3,(H,18,19)/t17-/m0/s1. The predicted octanol–water partition coefficient (Wildman–Crippen LogP) is 2.93. The lowest BCUT2D eigenvalue weighted by atomic mass is 9.84. The zero-order valence-electron chi connectivity index (χ0n) is 11.8. The van der Waals surface area contributed by atoms with Crippen LogP contribution in [0.25, 0.3) is 0 Å². The number of aliphatic carboxylic acids is 1. The molecule has 3 heteroatoms. The van der Waals surface area contributed by atoms with Crippen LogP contribution in [0.4, 0.5) is 0 Å². The highest BCUT2D eigenvalue weighted by atomic mass is 16.4. The summed E-state index contributed by atoms with van der Waals surface area (Å²) in [6.45, 7) is 5.81. The van der Waals surface area contributed by atoms with Crippen LogP contribution in [0.3, 0.4) is 0 Å². The molecule has 0 saturated carbocycles. The highest BCUT2D eigenvalue weighted by Crippen LogP contribution is 2.32. The molecule has 104 valence electrons. The molecular formula is C17H18O3. The number of carboxylic acid groups (broad SMARTS) is 1. The van der Waals surface area contributed by atoms with Crippen molar-refractivity contribution in [3.8, 4) is 0 Å². The maximum Gasteiger partial charge on any atom is 0.345 e. The molecule has 2 aromatic carbocycles. The van der Waals surface area contributed by atoms with E-state index < -0.39 is 11.6 Å². The van der Waals surface area contributed by atoms with E-state index in [1.165, 1.54) is 0 Å². The lowest BCUT2D eigenvalue weighted by Gasteiger charge is -2.26. The molecule has 0 spiro atoms. The van der Waals surface area contributed by atoms with Crippen molar-refractivity contribution >= 4 is 5.97 Å². The highest BCUT2D eigenvalue weighted by Gasteiger charge is 2.40. The fraction of sp³-hybridized carbons (Fsp3) is 0.235. The van der Waals surface area contributed by atoms with Gasteiger partial charge in [0.1, 0.15) is 0 Å². The van der Waals surface area contributed by atoms with Gasteiger partial charge in [-0.15, -0.1) is 0 Å². The number of aliphatic hydroxyl groups is 1. The molecule has 0 aromatic heterocycles. The Labute approximate surface area is 118 Å². The van der Waals surface area contributed by atoms with E-state index in [1.54, 1.807) is 42.5 Å². The molecule has 3 nitrogen and oxygen atoms in total. The average Bonchev–Trinajstić information content (AvgIpc) is 2.44. The van der Waals surface area contributed by atoms with Gasteiger partial charge in [0.25, 0.3) is 0 Å². The molecule has 0 heterocycles. The smallest absolute Gasteiger partial charge is 0.345 e. The Balaban J connectivity index is 2.69. The lowest BCUT2D eigenvalue weighted by Crippen LogP contribution is -2.37. The van der Waals surface area contributed by atoms with Gasteiger partial charge in [0, 0.05) is 0 Å². The Morgan fingerprint density at radius 3 is 1.90 bits per heavy atom. The second-order valence-corrected chi connectivity index (χ2v) is 5.12. The van der Waals surface area contributed by atoms with Crippen LogP contribution in [0.1, 0.15) is 27.8 Å². The Morgan fingerprint density at radius 1 is 0.950 bits per heavy atom. The van der Waals surface area contributed by atoms with Gasteiger partial charge in [0.2, 0.25) is 5.60 Å². The summed E-state index contributed by atoms with van der Waals surface area (Å²) < 4.78 is 0. The first-order valence-electron chi connectivity index (χ1n) is 6.47. The first-order valence-corrected chi connectivity index (χ1v) is 6.47. The molecule has 0 radical (unpaired) electrons. The summed E-state index contributed by atoms with van der Waals surface area (Å²) in [5, 5.41) is 20.3. The minimum atomic E-state index is -2.02. The first-order chi connectivity index (χ1) is 9.37. The molecular weight excluding hydrogens is 252 g/mol. The number of hydrogen-bond acceptors (Lipinski definition) is 2. The third-order valence-electron chi connectivity index (χ3n) is 3.85. The summed E-state index contributed by atoms with van der Waals surface area (Å²) in [6.07, 6.45) is 0. The molecule has 0 amide bonds. The van der Waals surface area contributed by atoms with E-state index in [0.29, 0.717) is 11.1 Å². The zero-order valence-corrected chi connectivity index (χ0v) is 11.8. The van der Waals surface area contributed by atoms with Crippen LogP contribution < -0.4 is 0 Å². The molecule has 0 saturated heterocycles. The summed E-state index contributed by atoms with van der Waals surface area (Å²) in [6, 6.07) is 12.0. The lowest BCUT2D eigenvalue weighted by molar-refractivity contribution is -0.155. The van der Waals surface area contributed by atoms with Crippen LogP contribution in [0.15, 0.2) is 42.5 Å². The van der Waals surface area contributed by atoms with Gasteiger partial charge in [-0.25, -0.2) is 4.79 Å². The summed E-state index contributed by atoms with van der Waals surface area (Å²) in [5.41, 5.74) is 1.76. The van der Waals surface area contributed by atoms with E-state index in [0.717, 1.165) is 16.7 Å². The van der Waals surface area contributed by atoms with Crippen LogP contribution in [-0.2, 0) is 10.4 Å². The minimum Gasteiger partial charge on any atom is -0.479 e. The second kappa shape index (κ2) is 5.10. The Bertz CT molecular complexity index is 624. The average molecular weight is 270 g/mol. The van der Waals surface area contributed by atoms with Gasteiger partial charge >= 0.3 is 5.97 Å². The monoisotopic (exact) mass is 270 g/mol. The summed E-state index contributed by atoms with van der Waals surface area (Å²) in [5.74, 6) is -1.27. The molecule has 0 fully saturated rings. The van der Waals surface area contributed by atoms with Crippen molar-refractivity contribution in [1.82, 2.24) is 0 Å². The fourth-order valence-electron chi connectivity index (χ4n) is 2.34. The van der Waals surface area contributed by atoms with Crippen LogP contribution >= 0.6 is 0 Å². The maximum atomic E-state index is 11.7. The Hall–Kier alpha value is -2.13. The van der Waals surface area contributed by atoms with Gasteiger partial charge in [0.05, 0.1) is 0 Å². The van der Waals surface area contributed by atoms with Gasteiger partial charge in [-0.3, -0.25) is 0 Å². The van der Waals surface area contributed by atoms with Gasteiger partial charge in [-0.2, -0.15) is 0 Å². The van der Waals surface area contributed by atoms with Crippen LogP contribution in [0, 0.1) is 20.8 Å². The van der Waals surface area contributed by atoms with E-state index in [2.05, 4.69) is 0 Å². The third-order valence-corrected chi connectivity index (χ3v) is 3.85. The quantitative estimate of drug-likeness (QED) is 0.901. The van der Waals surface area contributed by atoms with Crippen LogP contribution in [0.5, 0.6) is 0 Å². The fourth-order valence-corrected chi connectivity index (χ4v) is 2.34. The van der Waals surface area contributed by atoms with Gasteiger partial charge in [0.15, 0.2) is 0 Å². The molecule has 2 N–H and O–H groups in total. The van der Waals surface area contributed by atoms with Crippen molar-refractivity contribution in [3.63, 3.8) is 0 Å². The van der Waals surface area contributed by atoms with Gasteiger partial charge in [-0.05, 0) is 48.6 Å². The minimum absolute atomic E-state index is 0.357. The normalized spacial score (nSPS) is 13.8. The zero-order chi connectivity index (χ0) is 14.9. The SMILES string of the molecule is Cc1cc([C@](O)(C(=O)O)c2ccccc2)cc(C)c1C. The molecule has 0 aliphatic carbocycles. The van der Waals surface area contributed by atoms with Crippen molar-refractivity contribution in [1.29, 1.82) is 0 Å². The van der Waals surface area contributed by atoms with E-state index in [9.17, 15) is 15.0 Å². The van der Waals surface area contributed by atoms with Crippen molar-refractivity contribution in [2.45, 2.75) is 26.4 Å². The van der Waals surface area contributed by atoms with Gasteiger partial charge in [-0.1, -0.05) is 42.5 Å². The summed E-state index contributed by atoms with van der Waals surface area (Å²) in [4.78, 5) is 11.7. The van der Waals surface area contributed by atoms with Crippen LogP contribution in [-0.4, -0.2) is 16.2 Å². The molecule has 2 aromatic rings. The second-order valence-electron chi connectivity index (χ2n) is 5.12. The van der Waals surface area contributed by atoms with E-state index in [-0.39, 0.29) is 0 Å². The van der Waals surface area contributed by atoms with E-state index >= 15 is 0 Å². The molecule has 20 heavy (non-hydrogen) atoms. The summed E-state index contributed by atoms with van der Waals surface area (Å²) >= 11 is 0. The maximum absolute atomic E-state index is 11.7. The molecule has 0 aliphatic rings. The number of hydrogen-bond donors (Lipinski definition) is 2.